The number of fused-ring (bicyclic) bond motifs is 1. The van der Waals surface area contributed by atoms with Crippen LogP contribution in [0, 0.1) is 6.92 Å². The largest absolute Gasteiger partial charge is 0.453 e. The van der Waals surface area contributed by atoms with Gasteiger partial charge in [-0.25, -0.2) is 4.98 Å². The number of thioether (sulfide) groups is 1. The van der Waals surface area contributed by atoms with Gasteiger partial charge >= 0.3 is 6.18 Å². The summed E-state index contributed by atoms with van der Waals surface area (Å²) in [6.07, 6.45) is 0.759. The van der Waals surface area contributed by atoms with E-state index in [1.54, 1.807) is 24.8 Å². The van der Waals surface area contributed by atoms with Crippen molar-refractivity contribution in [3.05, 3.63) is 17.6 Å². The fraction of sp³-hybridized carbons (Fsp3) is 0.643. The average molecular weight is 345 g/mol. The molecule has 1 aliphatic heterocycles. The zero-order valence-electron chi connectivity index (χ0n) is 13.0. The van der Waals surface area contributed by atoms with Crippen LogP contribution in [0.5, 0.6) is 0 Å². The summed E-state index contributed by atoms with van der Waals surface area (Å²) >= 11 is 1.79. The molecule has 9 heteroatoms. The molecule has 2 aromatic rings. The van der Waals surface area contributed by atoms with Crippen molar-refractivity contribution in [3.63, 3.8) is 0 Å². The smallest absolute Gasteiger partial charge is 0.355 e. The summed E-state index contributed by atoms with van der Waals surface area (Å²) in [6.45, 7) is 3.35. The van der Waals surface area contributed by atoms with Crippen LogP contribution in [0.2, 0.25) is 0 Å². The number of nitrogens with zero attached hydrogens (tertiary/aromatic N) is 5. The molecule has 3 rings (SSSR count). The molecule has 1 fully saturated rings. The summed E-state index contributed by atoms with van der Waals surface area (Å²) in [5.41, 5.74) is 0.638. The van der Waals surface area contributed by atoms with Crippen molar-refractivity contribution in [1.29, 1.82) is 0 Å². The Morgan fingerprint density at radius 3 is 2.74 bits per heavy atom. The Kier molecular flexibility index (Phi) is 4.39. The number of aryl methyl sites for hydroxylation is 1. The van der Waals surface area contributed by atoms with E-state index in [2.05, 4.69) is 26.2 Å². The van der Waals surface area contributed by atoms with E-state index < -0.39 is 12.0 Å². The highest BCUT2D eigenvalue weighted by Crippen LogP contribution is 2.29. The maximum Gasteiger partial charge on any atom is 0.453 e. The SMILES string of the molecule is CSC1CCCCN(c2cc(C)nc3nc(C(F)(F)F)nn23)C1. The van der Waals surface area contributed by atoms with Gasteiger partial charge in [-0.3, -0.25) is 0 Å². The lowest BCUT2D eigenvalue weighted by Crippen LogP contribution is -2.31. The lowest BCUT2D eigenvalue weighted by molar-refractivity contribution is -0.144. The number of hydrogen-bond donors (Lipinski definition) is 0. The highest BCUT2D eigenvalue weighted by atomic mass is 32.2. The summed E-state index contributed by atoms with van der Waals surface area (Å²) in [5.74, 6) is -0.512. The van der Waals surface area contributed by atoms with E-state index in [9.17, 15) is 13.2 Å². The van der Waals surface area contributed by atoms with Crippen molar-refractivity contribution in [3.8, 4) is 0 Å². The topological polar surface area (TPSA) is 46.3 Å². The third-order valence-corrected chi connectivity index (χ3v) is 5.01. The lowest BCUT2D eigenvalue weighted by atomic mass is 10.2. The van der Waals surface area contributed by atoms with Gasteiger partial charge in [-0.05, 0) is 26.0 Å². The van der Waals surface area contributed by atoms with Crippen LogP contribution in [-0.4, -0.2) is 44.2 Å². The second-order valence-electron chi connectivity index (χ2n) is 5.70. The molecule has 2 aromatic heterocycles. The molecule has 1 atom stereocenters. The first kappa shape index (κ1) is 16.4. The second kappa shape index (κ2) is 6.18. The zero-order chi connectivity index (χ0) is 16.6. The van der Waals surface area contributed by atoms with Gasteiger partial charge in [-0.15, -0.1) is 5.10 Å². The lowest BCUT2D eigenvalue weighted by Gasteiger charge is -2.25. The molecule has 1 saturated heterocycles. The minimum Gasteiger partial charge on any atom is -0.355 e. The van der Waals surface area contributed by atoms with E-state index in [-0.39, 0.29) is 5.78 Å². The molecule has 0 aromatic carbocycles. The van der Waals surface area contributed by atoms with Gasteiger partial charge in [0.25, 0.3) is 11.6 Å². The van der Waals surface area contributed by atoms with Gasteiger partial charge in [0, 0.05) is 30.1 Å². The Labute approximate surface area is 136 Å². The van der Waals surface area contributed by atoms with Crippen LogP contribution in [0.4, 0.5) is 19.0 Å². The van der Waals surface area contributed by atoms with E-state index in [0.29, 0.717) is 16.8 Å². The Bertz CT molecular complexity index is 700. The van der Waals surface area contributed by atoms with Crippen molar-refractivity contribution in [2.45, 2.75) is 37.6 Å². The molecule has 0 radical (unpaired) electrons. The van der Waals surface area contributed by atoms with Gasteiger partial charge in [0.1, 0.15) is 5.82 Å². The molecule has 0 saturated carbocycles. The molecular weight excluding hydrogens is 327 g/mol. The van der Waals surface area contributed by atoms with Crippen LogP contribution >= 0.6 is 11.8 Å². The van der Waals surface area contributed by atoms with Crippen LogP contribution in [0.1, 0.15) is 30.8 Å². The molecule has 1 unspecified atom stereocenters. The van der Waals surface area contributed by atoms with Gasteiger partial charge in [-0.2, -0.15) is 34.4 Å². The predicted molar refractivity (Wildman–Crippen MR) is 83.9 cm³/mol. The molecule has 1 aliphatic rings. The van der Waals surface area contributed by atoms with E-state index in [1.165, 1.54) is 4.52 Å². The molecular formula is C14H18F3N5S. The van der Waals surface area contributed by atoms with Crippen LogP contribution in [0.25, 0.3) is 5.78 Å². The first-order valence-electron chi connectivity index (χ1n) is 7.48. The Morgan fingerprint density at radius 1 is 1.26 bits per heavy atom. The van der Waals surface area contributed by atoms with Crippen molar-refractivity contribution in [2.24, 2.45) is 0 Å². The first-order valence-corrected chi connectivity index (χ1v) is 8.76. The third-order valence-electron chi connectivity index (χ3n) is 3.96. The summed E-state index contributed by atoms with van der Waals surface area (Å²) in [5, 5.41) is 4.12. The van der Waals surface area contributed by atoms with E-state index in [4.69, 9.17) is 0 Å². The molecule has 5 nitrogen and oxygen atoms in total. The van der Waals surface area contributed by atoms with Crippen molar-refractivity contribution < 1.29 is 13.2 Å². The second-order valence-corrected chi connectivity index (χ2v) is 6.84. The minimum atomic E-state index is -4.57. The zero-order valence-corrected chi connectivity index (χ0v) is 13.8. The summed E-state index contributed by atoms with van der Waals surface area (Å²) in [6, 6.07) is 1.78. The van der Waals surface area contributed by atoms with Gasteiger partial charge in [0.05, 0.1) is 0 Å². The fourth-order valence-corrected chi connectivity index (χ4v) is 3.55. The third kappa shape index (κ3) is 3.39. The Balaban J connectivity index is 2.06. The predicted octanol–water partition coefficient (Wildman–Crippen LogP) is 3.17. The van der Waals surface area contributed by atoms with Crippen LogP contribution in [0.15, 0.2) is 6.07 Å². The molecule has 3 heterocycles. The van der Waals surface area contributed by atoms with E-state index >= 15 is 0 Å². The van der Waals surface area contributed by atoms with Crippen LogP contribution in [0.3, 0.4) is 0 Å². The Hall–Kier alpha value is -1.51. The van der Waals surface area contributed by atoms with E-state index in [0.717, 1.165) is 32.4 Å². The average Bonchev–Trinajstić information content (AvgIpc) is 2.77. The van der Waals surface area contributed by atoms with Gasteiger partial charge in [0.2, 0.25) is 0 Å². The van der Waals surface area contributed by atoms with Gasteiger partial charge in [0.15, 0.2) is 0 Å². The highest BCUT2D eigenvalue weighted by Gasteiger charge is 2.37. The van der Waals surface area contributed by atoms with Crippen molar-refractivity contribution in [2.75, 3.05) is 24.2 Å². The first-order chi connectivity index (χ1) is 10.9. The van der Waals surface area contributed by atoms with Gasteiger partial charge < -0.3 is 4.90 Å². The molecule has 0 spiro atoms. The summed E-state index contributed by atoms with van der Waals surface area (Å²) in [4.78, 5) is 9.73. The monoisotopic (exact) mass is 345 g/mol. The van der Waals surface area contributed by atoms with E-state index in [1.807, 2.05) is 0 Å². The number of hydrogen-bond acceptors (Lipinski definition) is 5. The molecule has 126 valence electrons. The normalized spacial score (nSPS) is 20.0. The molecule has 23 heavy (non-hydrogen) atoms. The van der Waals surface area contributed by atoms with Crippen LogP contribution in [-0.2, 0) is 6.18 Å². The maximum absolute atomic E-state index is 12.9. The van der Waals surface area contributed by atoms with Crippen LogP contribution < -0.4 is 4.90 Å². The quantitative estimate of drug-likeness (QED) is 0.837. The molecule has 0 aliphatic carbocycles. The fourth-order valence-electron chi connectivity index (χ4n) is 2.82. The molecule has 0 amide bonds. The molecule has 0 bridgehead atoms. The summed E-state index contributed by atoms with van der Waals surface area (Å²) in [7, 11) is 0. The number of alkyl halides is 3. The molecule has 0 N–H and O–H groups in total. The number of halogens is 3. The Morgan fingerprint density at radius 2 is 2.04 bits per heavy atom. The highest BCUT2D eigenvalue weighted by molar-refractivity contribution is 7.99. The standard InChI is InChI=1S/C14H18F3N5S/c1-9-7-11(21-6-4-3-5-10(8-21)23-2)22-13(18-9)19-12(20-22)14(15,16)17/h7,10H,3-6,8H2,1-2H3. The maximum atomic E-state index is 12.9. The number of aromatic nitrogens is 4. The summed E-state index contributed by atoms with van der Waals surface area (Å²) < 4.78 is 39.9. The van der Waals surface area contributed by atoms with Crippen molar-refractivity contribution >= 4 is 23.4 Å². The van der Waals surface area contributed by atoms with Crippen molar-refractivity contribution in [1.82, 2.24) is 19.6 Å². The minimum absolute atomic E-state index is 0.00252. The number of anilines is 1. The number of rotatable bonds is 2. The van der Waals surface area contributed by atoms with Gasteiger partial charge in [-0.1, -0.05) is 6.42 Å².